The molecule has 2 saturated heterocycles. The van der Waals surface area contributed by atoms with E-state index in [1.807, 2.05) is 24.0 Å². The van der Waals surface area contributed by atoms with Crippen LogP contribution in [0.4, 0.5) is 0 Å². The second kappa shape index (κ2) is 9.00. The maximum Gasteiger partial charge on any atom is 0.268 e. The minimum absolute atomic E-state index is 0.0727. The van der Waals surface area contributed by atoms with Gasteiger partial charge in [0.25, 0.3) is 5.89 Å². The summed E-state index contributed by atoms with van der Waals surface area (Å²) in [5, 5.41) is 4.04. The van der Waals surface area contributed by atoms with Crippen LogP contribution in [0.2, 0.25) is 0 Å². The van der Waals surface area contributed by atoms with Crippen molar-refractivity contribution in [3.8, 4) is 22.2 Å². The molecule has 174 valence electrons. The van der Waals surface area contributed by atoms with Crippen LogP contribution >= 0.6 is 11.3 Å². The minimum Gasteiger partial charge on any atom is -0.342 e. The number of carbonyl (C=O) groups excluding carboxylic acids is 1. The number of nitrogens with zero attached hydrogens (tertiary/aromatic N) is 4. The molecular weight excluding hydrogens is 460 g/mol. The third-order valence-electron chi connectivity index (χ3n) is 6.35. The van der Waals surface area contributed by atoms with Gasteiger partial charge in [0.15, 0.2) is 0 Å². The normalized spacial score (nSPS) is 18.2. The molecule has 3 aromatic rings. The summed E-state index contributed by atoms with van der Waals surface area (Å²) < 4.78 is 33.1. The SMILES string of the molecule is Cc1ccc(-c2nc(-c3ccc(S(=O)(=O)N4CCC(C(=O)N5CCCC5)CC4)cc3)no2)s1. The molecule has 2 aromatic heterocycles. The first kappa shape index (κ1) is 22.2. The smallest absolute Gasteiger partial charge is 0.268 e. The van der Waals surface area contributed by atoms with E-state index in [0.717, 1.165) is 35.7 Å². The average Bonchev–Trinajstić information content (AvgIpc) is 3.60. The Morgan fingerprint density at radius 2 is 1.73 bits per heavy atom. The second-order valence-corrected chi connectivity index (χ2v) is 11.8. The van der Waals surface area contributed by atoms with Crippen molar-refractivity contribution in [3.05, 3.63) is 41.3 Å². The maximum atomic E-state index is 13.1. The fourth-order valence-corrected chi connectivity index (χ4v) is 6.71. The number of aromatic nitrogens is 2. The Balaban J connectivity index is 1.25. The van der Waals surface area contributed by atoms with Gasteiger partial charge < -0.3 is 9.42 Å². The van der Waals surface area contributed by atoms with Crippen LogP contribution in [-0.2, 0) is 14.8 Å². The Hall–Kier alpha value is -2.56. The zero-order chi connectivity index (χ0) is 23.0. The topological polar surface area (TPSA) is 96.6 Å². The molecule has 33 heavy (non-hydrogen) atoms. The lowest BCUT2D eigenvalue weighted by molar-refractivity contribution is -0.135. The third-order valence-corrected chi connectivity index (χ3v) is 9.25. The molecule has 0 spiro atoms. The molecule has 2 fully saturated rings. The largest absolute Gasteiger partial charge is 0.342 e. The molecule has 2 aliphatic heterocycles. The number of thiophene rings is 1. The van der Waals surface area contributed by atoms with Crippen molar-refractivity contribution >= 4 is 27.3 Å². The van der Waals surface area contributed by atoms with Crippen molar-refractivity contribution < 1.29 is 17.7 Å². The molecule has 0 unspecified atom stereocenters. The Kier molecular flexibility index (Phi) is 6.07. The summed E-state index contributed by atoms with van der Waals surface area (Å²) in [5.74, 6) is 0.981. The van der Waals surface area contributed by atoms with Crippen LogP contribution in [-0.4, -0.2) is 59.8 Å². The summed E-state index contributed by atoms with van der Waals surface area (Å²) in [6, 6.07) is 10.5. The van der Waals surface area contributed by atoms with E-state index in [-0.39, 0.29) is 16.7 Å². The molecule has 10 heteroatoms. The number of likely N-dealkylation sites (tertiary alicyclic amines) is 1. The Bertz CT molecular complexity index is 1240. The predicted molar refractivity (Wildman–Crippen MR) is 125 cm³/mol. The molecule has 0 aliphatic carbocycles. The molecule has 5 rings (SSSR count). The van der Waals surface area contributed by atoms with E-state index in [1.165, 1.54) is 4.31 Å². The van der Waals surface area contributed by atoms with Gasteiger partial charge in [-0.3, -0.25) is 4.79 Å². The lowest BCUT2D eigenvalue weighted by Gasteiger charge is -2.32. The first-order valence-electron chi connectivity index (χ1n) is 11.2. The molecule has 0 bridgehead atoms. The molecule has 2 aliphatic rings. The summed E-state index contributed by atoms with van der Waals surface area (Å²) in [7, 11) is -3.62. The van der Waals surface area contributed by atoms with Gasteiger partial charge in [0.05, 0.1) is 9.77 Å². The quantitative estimate of drug-likeness (QED) is 0.544. The van der Waals surface area contributed by atoms with Crippen molar-refractivity contribution in [2.75, 3.05) is 26.2 Å². The highest BCUT2D eigenvalue weighted by molar-refractivity contribution is 7.89. The number of sulfonamides is 1. The number of carbonyl (C=O) groups is 1. The molecule has 1 amide bonds. The standard InChI is InChI=1S/C23H26N4O4S2/c1-16-4-9-20(32-16)22-24-21(25-31-22)17-5-7-19(8-6-17)33(29,30)27-14-10-18(11-15-27)23(28)26-12-2-3-13-26/h4-9,18H,2-3,10-15H2,1H3. The van der Waals surface area contributed by atoms with E-state index in [0.29, 0.717) is 43.2 Å². The van der Waals surface area contributed by atoms with Gasteiger partial charge in [-0.2, -0.15) is 9.29 Å². The zero-order valence-corrected chi connectivity index (χ0v) is 20.1. The highest BCUT2D eigenvalue weighted by atomic mass is 32.2. The van der Waals surface area contributed by atoms with Gasteiger partial charge in [-0.15, -0.1) is 11.3 Å². The third kappa shape index (κ3) is 4.47. The molecule has 8 nitrogen and oxygen atoms in total. The Labute approximate surface area is 197 Å². The number of hydrogen-bond acceptors (Lipinski definition) is 7. The van der Waals surface area contributed by atoms with Crippen molar-refractivity contribution in [1.82, 2.24) is 19.3 Å². The first-order chi connectivity index (χ1) is 15.9. The van der Waals surface area contributed by atoms with E-state index >= 15 is 0 Å². The highest BCUT2D eigenvalue weighted by Gasteiger charge is 2.34. The first-order valence-corrected chi connectivity index (χ1v) is 13.5. The number of rotatable bonds is 5. The van der Waals surface area contributed by atoms with Crippen LogP contribution < -0.4 is 0 Å². The summed E-state index contributed by atoms with van der Waals surface area (Å²) in [5.41, 5.74) is 0.687. The predicted octanol–water partition coefficient (Wildman–Crippen LogP) is 3.80. The fourth-order valence-electron chi connectivity index (χ4n) is 4.45. The average molecular weight is 487 g/mol. The van der Waals surface area contributed by atoms with Crippen LogP contribution in [0.15, 0.2) is 45.8 Å². The molecule has 1 aromatic carbocycles. The van der Waals surface area contributed by atoms with Gasteiger partial charge >= 0.3 is 0 Å². The lowest BCUT2D eigenvalue weighted by Crippen LogP contribution is -2.43. The van der Waals surface area contributed by atoms with E-state index in [9.17, 15) is 13.2 Å². The van der Waals surface area contributed by atoms with Crippen LogP contribution in [0.5, 0.6) is 0 Å². The summed E-state index contributed by atoms with van der Waals surface area (Å²) in [4.78, 5) is 21.3. The van der Waals surface area contributed by atoms with Gasteiger partial charge in [-0.05, 0) is 69.0 Å². The van der Waals surface area contributed by atoms with Crippen LogP contribution in [0.3, 0.4) is 0 Å². The van der Waals surface area contributed by atoms with E-state index in [1.54, 1.807) is 35.6 Å². The van der Waals surface area contributed by atoms with Crippen LogP contribution in [0.1, 0.15) is 30.6 Å². The number of benzene rings is 1. The van der Waals surface area contributed by atoms with E-state index in [4.69, 9.17) is 4.52 Å². The molecule has 0 atom stereocenters. The Morgan fingerprint density at radius 3 is 2.36 bits per heavy atom. The molecular formula is C23H26N4O4S2. The lowest BCUT2D eigenvalue weighted by atomic mass is 9.97. The number of hydrogen-bond donors (Lipinski definition) is 0. The number of amides is 1. The van der Waals surface area contributed by atoms with Gasteiger partial charge in [0.2, 0.25) is 21.8 Å². The van der Waals surface area contributed by atoms with Crippen molar-refractivity contribution in [1.29, 1.82) is 0 Å². The number of aryl methyl sites for hydroxylation is 1. The van der Waals surface area contributed by atoms with Crippen LogP contribution in [0.25, 0.3) is 22.2 Å². The fraction of sp³-hybridized carbons (Fsp3) is 0.435. The minimum atomic E-state index is -3.62. The highest BCUT2D eigenvalue weighted by Crippen LogP contribution is 2.30. The van der Waals surface area contributed by atoms with E-state index < -0.39 is 10.0 Å². The van der Waals surface area contributed by atoms with Gasteiger partial charge in [-0.25, -0.2) is 8.42 Å². The van der Waals surface area contributed by atoms with E-state index in [2.05, 4.69) is 10.1 Å². The number of piperidine rings is 1. The summed E-state index contributed by atoms with van der Waals surface area (Å²) in [6.07, 6.45) is 3.27. The van der Waals surface area contributed by atoms with Gasteiger partial charge in [0.1, 0.15) is 0 Å². The van der Waals surface area contributed by atoms with Gasteiger partial charge in [0, 0.05) is 42.5 Å². The molecule has 0 radical (unpaired) electrons. The molecule has 4 heterocycles. The van der Waals surface area contributed by atoms with Crippen molar-refractivity contribution in [3.63, 3.8) is 0 Å². The monoisotopic (exact) mass is 486 g/mol. The Morgan fingerprint density at radius 1 is 1.03 bits per heavy atom. The van der Waals surface area contributed by atoms with Gasteiger partial charge in [-0.1, -0.05) is 5.16 Å². The van der Waals surface area contributed by atoms with Crippen molar-refractivity contribution in [2.24, 2.45) is 5.92 Å². The molecule has 0 saturated carbocycles. The maximum absolute atomic E-state index is 13.1. The molecule has 0 N–H and O–H groups in total. The van der Waals surface area contributed by atoms with Crippen LogP contribution in [0, 0.1) is 12.8 Å². The summed E-state index contributed by atoms with van der Waals surface area (Å²) >= 11 is 1.58. The van der Waals surface area contributed by atoms with Crippen molar-refractivity contribution in [2.45, 2.75) is 37.5 Å². The zero-order valence-electron chi connectivity index (χ0n) is 18.4. The summed E-state index contributed by atoms with van der Waals surface area (Å²) in [6.45, 7) is 4.40. The second-order valence-electron chi connectivity index (χ2n) is 8.57.